The van der Waals surface area contributed by atoms with Gasteiger partial charge in [0.25, 0.3) is 5.91 Å². The number of fused-ring (bicyclic) bond motifs is 3. The molecule has 1 amide bonds. The predicted molar refractivity (Wildman–Crippen MR) is 106 cm³/mol. The van der Waals surface area contributed by atoms with Crippen LogP contribution in [0.2, 0.25) is 0 Å². The van der Waals surface area contributed by atoms with Gasteiger partial charge in [0.15, 0.2) is 11.5 Å². The quantitative estimate of drug-likeness (QED) is 0.666. The zero-order chi connectivity index (χ0) is 19.1. The number of amides is 1. The maximum absolute atomic E-state index is 13.1. The van der Waals surface area contributed by atoms with Crippen molar-refractivity contribution in [2.45, 2.75) is 20.0 Å². The summed E-state index contributed by atoms with van der Waals surface area (Å²) in [5.41, 5.74) is 5.56. The number of carbonyl (C=O) groups excluding carboxylic acids is 1. The first-order valence-corrected chi connectivity index (χ1v) is 9.47. The molecule has 140 valence electrons. The van der Waals surface area contributed by atoms with Crippen LogP contribution in [0.25, 0.3) is 16.9 Å². The number of ether oxygens (including phenoxy) is 1. The Bertz CT molecular complexity index is 1080. The smallest absolute Gasteiger partial charge is 0.276 e. The Labute approximate surface area is 163 Å². The molecule has 0 saturated heterocycles. The van der Waals surface area contributed by atoms with Crippen LogP contribution in [0.3, 0.4) is 0 Å². The van der Waals surface area contributed by atoms with E-state index in [4.69, 9.17) is 9.26 Å². The van der Waals surface area contributed by atoms with Crippen LogP contribution in [0.5, 0.6) is 5.75 Å². The molecule has 5 heteroatoms. The molecular weight excluding hydrogens is 352 g/mol. The van der Waals surface area contributed by atoms with Crippen LogP contribution in [-0.2, 0) is 6.61 Å². The molecule has 0 spiro atoms. The van der Waals surface area contributed by atoms with Crippen molar-refractivity contribution in [3.8, 4) is 17.1 Å². The molecule has 2 aromatic carbocycles. The third-order valence-corrected chi connectivity index (χ3v) is 5.38. The van der Waals surface area contributed by atoms with Crippen LogP contribution in [0.1, 0.15) is 33.6 Å². The highest BCUT2D eigenvalue weighted by Crippen LogP contribution is 2.39. The summed E-state index contributed by atoms with van der Waals surface area (Å²) in [5, 5.41) is 4.11. The van der Waals surface area contributed by atoms with E-state index in [9.17, 15) is 4.79 Å². The number of hydrogen-bond acceptors (Lipinski definition) is 4. The highest BCUT2D eigenvalue weighted by atomic mass is 16.5. The van der Waals surface area contributed by atoms with E-state index in [1.54, 1.807) is 0 Å². The number of benzene rings is 2. The van der Waals surface area contributed by atoms with Crippen molar-refractivity contribution in [3.63, 3.8) is 0 Å². The standard InChI is InChI=1S/C23H20N2O3/c1-15-7-8-20-18(13-15)22-19(14-27-20)21(24-28-22)23(26)25-11-9-17(10-12-25)16-5-3-2-4-6-16/h2-9,13H,10-12,14H2,1H3. The lowest BCUT2D eigenvalue weighted by Gasteiger charge is -2.26. The summed E-state index contributed by atoms with van der Waals surface area (Å²) >= 11 is 0. The zero-order valence-corrected chi connectivity index (χ0v) is 15.6. The van der Waals surface area contributed by atoms with Gasteiger partial charge in [-0.1, -0.05) is 53.2 Å². The molecule has 0 bridgehead atoms. The second-order valence-electron chi connectivity index (χ2n) is 7.22. The molecule has 1 aromatic heterocycles. The first-order valence-electron chi connectivity index (χ1n) is 9.47. The van der Waals surface area contributed by atoms with E-state index < -0.39 is 0 Å². The van der Waals surface area contributed by atoms with Gasteiger partial charge >= 0.3 is 0 Å². The summed E-state index contributed by atoms with van der Waals surface area (Å²) in [4.78, 5) is 14.9. The SMILES string of the molecule is Cc1ccc2c(c1)-c1onc(C(=O)N3CC=C(c4ccccc4)CC3)c1CO2. The number of aromatic nitrogens is 1. The minimum Gasteiger partial charge on any atom is -0.488 e. The summed E-state index contributed by atoms with van der Waals surface area (Å²) in [6, 6.07) is 16.2. The Morgan fingerprint density at radius 2 is 2.00 bits per heavy atom. The van der Waals surface area contributed by atoms with Crippen LogP contribution >= 0.6 is 0 Å². The third-order valence-electron chi connectivity index (χ3n) is 5.38. The number of nitrogens with zero attached hydrogens (tertiary/aromatic N) is 2. The molecule has 2 aliphatic rings. The van der Waals surface area contributed by atoms with Crippen LogP contribution in [0, 0.1) is 6.92 Å². The summed E-state index contributed by atoms with van der Waals surface area (Å²) in [6.45, 7) is 3.55. The van der Waals surface area contributed by atoms with E-state index in [1.165, 1.54) is 11.1 Å². The van der Waals surface area contributed by atoms with Crippen molar-refractivity contribution in [2.24, 2.45) is 0 Å². The molecule has 0 fully saturated rings. The van der Waals surface area contributed by atoms with Crippen LogP contribution < -0.4 is 4.74 Å². The Morgan fingerprint density at radius 3 is 2.79 bits per heavy atom. The monoisotopic (exact) mass is 372 g/mol. The van der Waals surface area contributed by atoms with E-state index in [0.29, 0.717) is 31.2 Å². The van der Waals surface area contributed by atoms with Crippen LogP contribution in [0.4, 0.5) is 0 Å². The molecule has 0 aliphatic carbocycles. The Kier molecular flexibility index (Phi) is 4.01. The van der Waals surface area contributed by atoms with Gasteiger partial charge in [0.05, 0.1) is 11.1 Å². The summed E-state index contributed by atoms with van der Waals surface area (Å²) in [7, 11) is 0. The fourth-order valence-corrected chi connectivity index (χ4v) is 3.84. The third kappa shape index (κ3) is 2.80. The van der Waals surface area contributed by atoms with E-state index in [2.05, 4.69) is 23.4 Å². The first kappa shape index (κ1) is 16.8. The average Bonchev–Trinajstić information content (AvgIpc) is 3.18. The van der Waals surface area contributed by atoms with Crippen molar-refractivity contribution >= 4 is 11.5 Å². The minimum absolute atomic E-state index is 0.104. The maximum atomic E-state index is 13.1. The second-order valence-corrected chi connectivity index (χ2v) is 7.22. The largest absolute Gasteiger partial charge is 0.488 e. The fraction of sp³-hybridized carbons (Fsp3) is 0.217. The Balaban J connectivity index is 1.40. The van der Waals surface area contributed by atoms with Gasteiger partial charge in [0.1, 0.15) is 12.4 Å². The zero-order valence-electron chi connectivity index (χ0n) is 15.6. The average molecular weight is 372 g/mol. The summed E-state index contributed by atoms with van der Waals surface area (Å²) < 4.78 is 11.4. The molecule has 0 N–H and O–H groups in total. The summed E-state index contributed by atoms with van der Waals surface area (Å²) in [5.74, 6) is 1.31. The molecule has 3 aromatic rings. The lowest BCUT2D eigenvalue weighted by Crippen LogP contribution is -2.35. The molecule has 5 nitrogen and oxygen atoms in total. The number of aryl methyl sites for hydroxylation is 1. The van der Waals surface area contributed by atoms with Gasteiger partial charge in [0.2, 0.25) is 0 Å². The van der Waals surface area contributed by atoms with Crippen molar-refractivity contribution < 1.29 is 14.1 Å². The highest BCUT2D eigenvalue weighted by molar-refractivity contribution is 5.96. The first-order chi connectivity index (χ1) is 13.7. The Hall–Kier alpha value is -3.34. The maximum Gasteiger partial charge on any atom is 0.276 e. The highest BCUT2D eigenvalue weighted by Gasteiger charge is 2.31. The summed E-state index contributed by atoms with van der Waals surface area (Å²) in [6.07, 6.45) is 2.95. The number of carbonyl (C=O) groups is 1. The normalized spacial score (nSPS) is 15.3. The Morgan fingerprint density at radius 1 is 1.14 bits per heavy atom. The molecule has 28 heavy (non-hydrogen) atoms. The van der Waals surface area contributed by atoms with Gasteiger partial charge in [-0.2, -0.15) is 0 Å². The molecule has 0 unspecified atom stereocenters. The van der Waals surface area contributed by atoms with E-state index >= 15 is 0 Å². The number of rotatable bonds is 2. The molecule has 2 aliphatic heterocycles. The van der Waals surface area contributed by atoms with Crippen LogP contribution in [-0.4, -0.2) is 29.1 Å². The van der Waals surface area contributed by atoms with Gasteiger partial charge in [-0.3, -0.25) is 4.79 Å². The van der Waals surface area contributed by atoms with E-state index in [-0.39, 0.29) is 5.91 Å². The lowest BCUT2D eigenvalue weighted by atomic mass is 9.98. The van der Waals surface area contributed by atoms with Gasteiger partial charge in [0, 0.05) is 13.1 Å². The fourth-order valence-electron chi connectivity index (χ4n) is 3.84. The van der Waals surface area contributed by atoms with Gasteiger partial charge in [-0.15, -0.1) is 0 Å². The second kappa shape index (κ2) is 6.68. The topological polar surface area (TPSA) is 55.6 Å². The minimum atomic E-state index is -0.104. The van der Waals surface area contributed by atoms with Crippen molar-refractivity contribution in [2.75, 3.05) is 13.1 Å². The van der Waals surface area contributed by atoms with Crippen molar-refractivity contribution in [1.29, 1.82) is 0 Å². The predicted octanol–water partition coefficient (Wildman–Crippen LogP) is 4.47. The molecule has 0 radical (unpaired) electrons. The van der Waals surface area contributed by atoms with Gasteiger partial charge in [-0.05, 0) is 36.6 Å². The van der Waals surface area contributed by atoms with Gasteiger partial charge in [-0.25, -0.2) is 0 Å². The molecular formula is C23H20N2O3. The lowest BCUT2D eigenvalue weighted by molar-refractivity contribution is 0.0760. The van der Waals surface area contributed by atoms with Crippen molar-refractivity contribution in [3.05, 3.63) is 77.0 Å². The number of hydrogen-bond donors (Lipinski definition) is 0. The van der Waals surface area contributed by atoms with Crippen molar-refractivity contribution in [1.82, 2.24) is 10.1 Å². The van der Waals surface area contributed by atoms with Gasteiger partial charge < -0.3 is 14.2 Å². The van der Waals surface area contributed by atoms with E-state index in [0.717, 1.165) is 28.9 Å². The molecule has 3 heterocycles. The van der Waals surface area contributed by atoms with Crippen LogP contribution in [0.15, 0.2) is 59.1 Å². The molecule has 5 rings (SSSR count). The van der Waals surface area contributed by atoms with E-state index in [1.807, 2.05) is 48.2 Å². The molecule has 0 saturated carbocycles. The molecule has 0 atom stereocenters.